The van der Waals surface area contributed by atoms with E-state index in [0.29, 0.717) is 5.13 Å². The van der Waals surface area contributed by atoms with E-state index in [0.717, 1.165) is 21.9 Å². The second kappa shape index (κ2) is 9.86. The number of alkyl halides is 3. The monoisotopic (exact) mass is 477 g/mol. The van der Waals surface area contributed by atoms with Gasteiger partial charge in [-0.25, -0.2) is 9.78 Å². The minimum atomic E-state index is -4.68. The number of nitrogens with one attached hydrogen (secondary N) is 1. The average molecular weight is 478 g/mol. The highest BCUT2D eigenvalue weighted by Gasteiger charge is 2.34. The van der Waals surface area contributed by atoms with Crippen molar-refractivity contribution < 1.29 is 27.5 Å². The number of benzene rings is 1. The summed E-state index contributed by atoms with van der Waals surface area (Å²) in [6.07, 6.45) is -3.64. The molecule has 0 saturated carbocycles. The Balaban J connectivity index is 2.15. The third-order valence-corrected chi connectivity index (χ3v) is 4.99. The van der Waals surface area contributed by atoms with Crippen molar-refractivity contribution in [2.45, 2.75) is 52.3 Å². The van der Waals surface area contributed by atoms with E-state index in [4.69, 9.17) is 16.3 Å². The highest BCUT2D eigenvalue weighted by Crippen LogP contribution is 2.37. The maximum atomic E-state index is 13.3. The Bertz CT molecular complexity index is 942. The van der Waals surface area contributed by atoms with Crippen LogP contribution in [0.25, 0.3) is 0 Å². The van der Waals surface area contributed by atoms with Crippen molar-refractivity contribution in [3.05, 3.63) is 39.9 Å². The molecule has 11 heteroatoms. The van der Waals surface area contributed by atoms with Gasteiger partial charge in [0.2, 0.25) is 5.91 Å². The molecule has 0 atom stereocenters. The van der Waals surface area contributed by atoms with Crippen molar-refractivity contribution in [2.24, 2.45) is 0 Å². The Morgan fingerprint density at radius 3 is 2.48 bits per heavy atom. The summed E-state index contributed by atoms with van der Waals surface area (Å²) in [6.45, 7) is 6.77. The Hall–Kier alpha value is -2.33. The van der Waals surface area contributed by atoms with Crippen molar-refractivity contribution in [2.75, 3.05) is 16.8 Å². The minimum Gasteiger partial charge on any atom is -0.443 e. The maximum Gasteiger partial charge on any atom is 0.417 e. The van der Waals surface area contributed by atoms with Crippen LogP contribution in [0.4, 0.5) is 28.8 Å². The summed E-state index contributed by atoms with van der Waals surface area (Å²) in [7, 11) is 0. The summed E-state index contributed by atoms with van der Waals surface area (Å²) in [5.74, 6) is -0.314. The lowest BCUT2D eigenvalue weighted by molar-refractivity contribution is -0.137. The quantitative estimate of drug-likeness (QED) is 0.531. The molecule has 6 nitrogen and oxygen atoms in total. The Labute approximate surface area is 187 Å². The fourth-order valence-electron chi connectivity index (χ4n) is 2.53. The van der Waals surface area contributed by atoms with Gasteiger partial charge in [0.1, 0.15) is 5.60 Å². The van der Waals surface area contributed by atoms with E-state index >= 15 is 0 Å². The molecular formula is C20H23ClF3N3O3S. The zero-order valence-corrected chi connectivity index (χ0v) is 19.0. The van der Waals surface area contributed by atoms with Crippen LogP contribution < -0.4 is 10.2 Å². The molecule has 2 aromatic rings. The van der Waals surface area contributed by atoms with Crippen molar-refractivity contribution >= 4 is 45.8 Å². The topological polar surface area (TPSA) is 71.5 Å². The Kier molecular flexibility index (Phi) is 7.93. The van der Waals surface area contributed by atoms with Crippen LogP contribution in [0, 0.1) is 6.92 Å². The van der Waals surface area contributed by atoms with Crippen molar-refractivity contribution in [1.29, 1.82) is 0 Å². The summed E-state index contributed by atoms with van der Waals surface area (Å²) in [5.41, 5.74) is -1.94. The molecule has 0 spiro atoms. The number of hydrogen-bond acceptors (Lipinski definition) is 5. The minimum absolute atomic E-state index is 0.0260. The summed E-state index contributed by atoms with van der Waals surface area (Å²) < 4.78 is 45.1. The van der Waals surface area contributed by atoms with Crippen LogP contribution in [-0.4, -0.2) is 29.1 Å². The van der Waals surface area contributed by atoms with Gasteiger partial charge in [-0.05, 0) is 52.3 Å². The Morgan fingerprint density at radius 2 is 1.94 bits per heavy atom. The highest BCUT2D eigenvalue weighted by molar-refractivity contribution is 7.15. The van der Waals surface area contributed by atoms with Gasteiger partial charge >= 0.3 is 12.3 Å². The number of rotatable bonds is 6. The number of halogens is 4. The molecule has 0 radical (unpaired) electrons. The molecule has 1 aromatic carbocycles. The van der Waals surface area contributed by atoms with Gasteiger partial charge in [0.05, 0.1) is 10.6 Å². The van der Waals surface area contributed by atoms with Crippen LogP contribution in [0.2, 0.25) is 5.02 Å². The van der Waals surface area contributed by atoms with Crippen LogP contribution in [0.1, 0.15) is 44.1 Å². The molecule has 0 aliphatic rings. The van der Waals surface area contributed by atoms with Crippen LogP contribution >= 0.6 is 22.9 Å². The predicted octanol–water partition coefficient (Wildman–Crippen LogP) is 6.28. The molecule has 0 unspecified atom stereocenters. The lowest BCUT2D eigenvalue weighted by atomic mass is 10.1. The van der Waals surface area contributed by atoms with Gasteiger partial charge in [-0.2, -0.15) is 13.2 Å². The van der Waals surface area contributed by atoms with E-state index in [1.807, 2.05) is 6.92 Å². The second-order valence-corrected chi connectivity index (χ2v) is 9.36. The van der Waals surface area contributed by atoms with E-state index in [1.54, 1.807) is 27.0 Å². The van der Waals surface area contributed by atoms with Crippen LogP contribution in [0.15, 0.2) is 24.4 Å². The fraction of sp³-hybridized carbons (Fsp3) is 0.450. The molecule has 31 heavy (non-hydrogen) atoms. The molecule has 170 valence electrons. The predicted molar refractivity (Wildman–Crippen MR) is 115 cm³/mol. The summed E-state index contributed by atoms with van der Waals surface area (Å²) in [5, 5.41) is 2.63. The normalized spacial score (nSPS) is 11.9. The van der Waals surface area contributed by atoms with Gasteiger partial charge in [-0.1, -0.05) is 11.6 Å². The SMILES string of the molecule is Cc1cnc(NC(=O)CCCN(C(=O)OC(C)(C)C)c2ccc(Cl)c(C(F)(F)F)c2)s1. The number of nitrogens with zero attached hydrogens (tertiary/aromatic N) is 2. The molecule has 1 N–H and O–H groups in total. The standard InChI is InChI=1S/C20H23ClF3N3O3S/c1-12-11-25-17(31-12)26-16(28)6-5-9-27(18(29)30-19(2,3)4)13-7-8-15(21)14(10-13)20(22,23)24/h7-8,10-11H,5-6,9H2,1-4H3,(H,25,26,28). The van der Waals surface area contributed by atoms with E-state index in [1.165, 1.54) is 17.4 Å². The molecule has 1 aromatic heterocycles. The molecule has 1 heterocycles. The van der Waals surface area contributed by atoms with Gasteiger partial charge in [-0.15, -0.1) is 11.3 Å². The zero-order valence-electron chi connectivity index (χ0n) is 17.5. The van der Waals surface area contributed by atoms with Gasteiger partial charge in [0.25, 0.3) is 0 Å². The second-order valence-electron chi connectivity index (χ2n) is 7.72. The van der Waals surface area contributed by atoms with E-state index < -0.39 is 28.5 Å². The first-order chi connectivity index (χ1) is 14.3. The summed E-state index contributed by atoms with van der Waals surface area (Å²) >= 11 is 7.01. The van der Waals surface area contributed by atoms with Gasteiger partial charge in [0.15, 0.2) is 5.13 Å². The molecule has 0 bridgehead atoms. The molecule has 0 saturated heterocycles. The highest BCUT2D eigenvalue weighted by atomic mass is 35.5. The number of thiazole rings is 1. The molecule has 2 rings (SSSR count). The van der Waals surface area contributed by atoms with E-state index in [9.17, 15) is 22.8 Å². The number of hydrogen-bond donors (Lipinski definition) is 1. The number of carbonyl (C=O) groups is 2. The van der Waals surface area contributed by atoms with Crippen LogP contribution in [-0.2, 0) is 15.7 Å². The molecule has 0 aliphatic carbocycles. The third kappa shape index (κ3) is 7.70. The average Bonchev–Trinajstić information content (AvgIpc) is 3.01. The fourth-order valence-corrected chi connectivity index (χ4v) is 3.44. The van der Waals surface area contributed by atoms with Gasteiger partial charge in [-0.3, -0.25) is 9.69 Å². The van der Waals surface area contributed by atoms with Crippen LogP contribution in [0.5, 0.6) is 0 Å². The largest absolute Gasteiger partial charge is 0.443 e. The van der Waals surface area contributed by atoms with Crippen molar-refractivity contribution in [3.63, 3.8) is 0 Å². The Morgan fingerprint density at radius 1 is 1.26 bits per heavy atom. The van der Waals surface area contributed by atoms with E-state index in [-0.39, 0.29) is 31.0 Å². The maximum absolute atomic E-state index is 13.3. The number of aryl methyl sites for hydroxylation is 1. The zero-order chi connectivity index (χ0) is 23.4. The van der Waals surface area contributed by atoms with E-state index in [2.05, 4.69) is 10.3 Å². The van der Waals surface area contributed by atoms with Crippen LogP contribution in [0.3, 0.4) is 0 Å². The molecule has 0 aliphatic heterocycles. The van der Waals surface area contributed by atoms with Gasteiger partial charge in [0, 0.05) is 29.7 Å². The molecular weight excluding hydrogens is 455 g/mol. The number of amides is 2. The smallest absolute Gasteiger partial charge is 0.417 e. The van der Waals surface area contributed by atoms with Crippen molar-refractivity contribution in [3.8, 4) is 0 Å². The summed E-state index contributed by atoms with van der Waals surface area (Å²) in [6, 6.07) is 3.18. The first-order valence-electron chi connectivity index (χ1n) is 9.36. The third-order valence-electron chi connectivity index (χ3n) is 3.83. The number of anilines is 2. The number of aromatic nitrogens is 1. The molecule has 2 amide bonds. The van der Waals surface area contributed by atoms with Gasteiger partial charge < -0.3 is 10.1 Å². The number of ether oxygens (including phenoxy) is 1. The number of carbonyl (C=O) groups excluding carboxylic acids is 2. The lowest BCUT2D eigenvalue weighted by Gasteiger charge is -2.28. The lowest BCUT2D eigenvalue weighted by Crippen LogP contribution is -2.38. The van der Waals surface area contributed by atoms with Crippen molar-refractivity contribution in [1.82, 2.24) is 4.98 Å². The first-order valence-corrected chi connectivity index (χ1v) is 10.6. The summed E-state index contributed by atoms with van der Waals surface area (Å²) in [4.78, 5) is 30.8. The first kappa shape index (κ1) is 24.9. The molecule has 0 fully saturated rings.